The molecule has 3 rings (SSSR count). The fraction of sp³-hybridized carbons (Fsp3) is 0.200. The first-order valence-corrected chi connectivity index (χ1v) is 9.92. The minimum Gasteiger partial charge on any atom is -0.369 e. The zero-order valence-corrected chi connectivity index (χ0v) is 15.5. The summed E-state index contributed by atoms with van der Waals surface area (Å²) in [5, 5.41) is 0. The number of rotatable bonds is 5. The molecule has 2 aromatic carbocycles. The fourth-order valence-electron chi connectivity index (χ4n) is 2.96. The van der Waals surface area contributed by atoms with Crippen molar-refractivity contribution in [1.82, 2.24) is 4.90 Å². The molecule has 0 bridgehead atoms. The van der Waals surface area contributed by atoms with E-state index in [1.165, 1.54) is 12.1 Å². The first kappa shape index (κ1) is 18.1. The molecule has 5 nitrogen and oxygen atoms in total. The van der Waals surface area contributed by atoms with E-state index in [2.05, 4.69) is 4.40 Å². The number of carbonyl (C=O) groups is 1. The molecule has 6 heteroatoms. The number of likely N-dealkylation sites (N-methyl/N-ethyl adjacent to an activating group) is 1. The van der Waals surface area contributed by atoms with Crippen LogP contribution in [0.1, 0.15) is 29.8 Å². The lowest BCUT2D eigenvalue weighted by Crippen LogP contribution is -2.31. The summed E-state index contributed by atoms with van der Waals surface area (Å²) in [5.74, 6) is -0.111. The average Bonchev–Trinajstić information content (AvgIpc) is 2.66. The topological polar surface area (TPSA) is 66.8 Å². The molecule has 0 saturated heterocycles. The summed E-state index contributed by atoms with van der Waals surface area (Å²) in [5.41, 5.74) is 1.76. The first-order valence-electron chi connectivity index (χ1n) is 8.48. The Morgan fingerprint density at radius 3 is 2.08 bits per heavy atom. The molecule has 0 unspecified atom stereocenters. The van der Waals surface area contributed by atoms with E-state index in [4.69, 9.17) is 0 Å². The third-order valence-electron chi connectivity index (χ3n) is 4.32. The van der Waals surface area contributed by atoms with Crippen LogP contribution in [0.3, 0.4) is 0 Å². The number of sulfonamides is 1. The Kier molecular flexibility index (Phi) is 5.04. The van der Waals surface area contributed by atoms with Gasteiger partial charge in [-0.2, -0.15) is 12.8 Å². The van der Waals surface area contributed by atoms with Gasteiger partial charge in [-0.15, -0.1) is 0 Å². The van der Waals surface area contributed by atoms with Crippen LogP contribution in [0.25, 0.3) is 0 Å². The van der Waals surface area contributed by atoms with Gasteiger partial charge in [0.2, 0.25) is 5.78 Å². The standard InChI is InChI=1S/C20H20N2O3S/c1-3-22(4-2)19-14-18(16-12-8-9-13-17(16)20(19)23)21-26(24,25)15-10-6-5-7-11-15/h5-14H,3-4H2,1-2H3/b21-18+. The van der Waals surface area contributed by atoms with Gasteiger partial charge in [0.15, 0.2) is 0 Å². The molecule has 0 heterocycles. The maximum absolute atomic E-state index is 12.8. The van der Waals surface area contributed by atoms with Crippen molar-refractivity contribution in [2.75, 3.05) is 13.1 Å². The molecular formula is C20H20N2O3S. The molecule has 1 aliphatic rings. The third kappa shape index (κ3) is 3.32. The lowest BCUT2D eigenvalue weighted by atomic mass is 9.91. The predicted octanol–water partition coefficient (Wildman–Crippen LogP) is 3.29. The van der Waals surface area contributed by atoms with E-state index in [0.717, 1.165) is 0 Å². The Labute approximate surface area is 153 Å². The van der Waals surface area contributed by atoms with E-state index in [9.17, 15) is 13.2 Å². The summed E-state index contributed by atoms with van der Waals surface area (Å²) in [6.45, 7) is 5.20. The van der Waals surface area contributed by atoms with Gasteiger partial charge in [0.1, 0.15) is 0 Å². The molecule has 0 N–H and O–H groups in total. The highest BCUT2D eigenvalue weighted by Gasteiger charge is 2.28. The minimum absolute atomic E-state index is 0.111. The summed E-state index contributed by atoms with van der Waals surface area (Å²) >= 11 is 0. The van der Waals surface area contributed by atoms with E-state index in [0.29, 0.717) is 29.9 Å². The van der Waals surface area contributed by atoms with Gasteiger partial charge in [0, 0.05) is 24.2 Å². The van der Waals surface area contributed by atoms with E-state index in [1.807, 2.05) is 18.7 Å². The van der Waals surface area contributed by atoms with Crippen molar-refractivity contribution in [2.24, 2.45) is 4.40 Å². The number of allylic oxidation sites excluding steroid dienone is 2. The molecule has 2 aromatic rings. The highest BCUT2D eigenvalue weighted by Crippen LogP contribution is 2.25. The quantitative estimate of drug-likeness (QED) is 0.812. The van der Waals surface area contributed by atoms with Crippen molar-refractivity contribution < 1.29 is 13.2 Å². The Balaban J connectivity index is 2.19. The molecule has 0 amide bonds. The van der Waals surface area contributed by atoms with Crippen LogP contribution in [0.15, 0.2) is 75.7 Å². The van der Waals surface area contributed by atoms with E-state index >= 15 is 0 Å². The number of ketones is 1. The number of carbonyl (C=O) groups excluding carboxylic acids is 1. The molecule has 0 aromatic heterocycles. The summed E-state index contributed by atoms with van der Waals surface area (Å²) in [6.07, 6.45) is 1.58. The van der Waals surface area contributed by atoms with Crippen LogP contribution < -0.4 is 0 Å². The van der Waals surface area contributed by atoms with E-state index < -0.39 is 10.0 Å². The molecule has 134 valence electrons. The van der Waals surface area contributed by atoms with Crippen molar-refractivity contribution in [3.8, 4) is 0 Å². The van der Waals surface area contributed by atoms with Gasteiger partial charge in [-0.25, -0.2) is 0 Å². The Morgan fingerprint density at radius 1 is 0.885 bits per heavy atom. The number of fused-ring (bicyclic) bond motifs is 1. The highest BCUT2D eigenvalue weighted by molar-refractivity contribution is 7.90. The van der Waals surface area contributed by atoms with Crippen LogP contribution in [0.5, 0.6) is 0 Å². The lowest BCUT2D eigenvalue weighted by molar-refractivity contribution is 0.0992. The highest BCUT2D eigenvalue weighted by atomic mass is 32.2. The smallest absolute Gasteiger partial charge is 0.282 e. The molecule has 0 spiro atoms. The zero-order valence-electron chi connectivity index (χ0n) is 14.7. The summed E-state index contributed by atoms with van der Waals surface area (Å²) in [7, 11) is -3.87. The molecule has 1 aliphatic carbocycles. The van der Waals surface area contributed by atoms with Gasteiger partial charge in [-0.3, -0.25) is 4.79 Å². The minimum atomic E-state index is -3.87. The Morgan fingerprint density at radius 2 is 1.46 bits per heavy atom. The lowest BCUT2D eigenvalue weighted by Gasteiger charge is -2.27. The van der Waals surface area contributed by atoms with Crippen molar-refractivity contribution in [3.63, 3.8) is 0 Å². The maximum Gasteiger partial charge on any atom is 0.282 e. The Hall–Kier alpha value is -2.73. The normalized spacial score (nSPS) is 15.5. The van der Waals surface area contributed by atoms with E-state index in [-0.39, 0.29) is 16.4 Å². The molecule has 0 atom stereocenters. The van der Waals surface area contributed by atoms with Gasteiger partial charge in [0.05, 0.1) is 16.3 Å². The summed E-state index contributed by atoms with van der Waals surface area (Å²) in [4.78, 5) is 14.9. The molecule has 26 heavy (non-hydrogen) atoms. The number of Topliss-reactive ketones (excluding diaryl/α,β-unsaturated/α-hetero) is 1. The largest absolute Gasteiger partial charge is 0.369 e. The monoisotopic (exact) mass is 368 g/mol. The average molecular weight is 368 g/mol. The summed E-state index contributed by atoms with van der Waals surface area (Å²) in [6, 6.07) is 15.0. The first-order chi connectivity index (χ1) is 12.5. The molecule has 0 aliphatic heterocycles. The maximum atomic E-state index is 12.8. The summed E-state index contributed by atoms with van der Waals surface area (Å²) < 4.78 is 29.4. The van der Waals surface area contributed by atoms with Crippen LogP contribution in [0, 0.1) is 0 Å². The van der Waals surface area contributed by atoms with Gasteiger partial charge < -0.3 is 4.90 Å². The van der Waals surface area contributed by atoms with Crippen molar-refractivity contribution >= 4 is 21.5 Å². The number of nitrogens with zero attached hydrogens (tertiary/aromatic N) is 2. The van der Waals surface area contributed by atoms with Crippen LogP contribution >= 0.6 is 0 Å². The second kappa shape index (κ2) is 7.25. The molecule has 0 saturated carbocycles. The molecule has 0 fully saturated rings. The predicted molar refractivity (Wildman–Crippen MR) is 102 cm³/mol. The van der Waals surface area contributed by atoms with Crippen molar-refractivity contribution in [1.29, 1.82) is 0 Å². The Bertz CT molecular complexity index is 989. The second-order valence-corrected chi connectivity index (χ2v) is 7.45. The van der Waals surface area contributed by atoms with Gasteiger partial charge >= 0.3 is 0 Å². The van der Waals surface area contributed by atoms with Gasteiger partial charge in [-0.05, 0) is 32.1 Å². The van der Waals surface area contributed by atoms with Crippen LogP contribution in [-0.4, -0.2) is 37.9 Å². The van der Waals surface area contributed by atoms with Gasteiger partial charge in [0.25, 0.3) is 10.0 Å². The second-order valence-electron chi connectivity index (χ2n) is 5.84. The number of hydrogen-bond donors (Lipinski definition) is 0. The number of benzene rings is 2. The zero-order chi connectivity index (χ0) is 18.7. The number of hydrogen-bond acceptors (Lipinski definition) is 4. The van der Waals surface area contributed by atoms with Crippen LogP contribution in [0.4, 0.5) is 0 Å². The molecule has 0 radical (unpaired) electrons. The van der Waals surface area contributed by atoms with E-state index in [1.54, 1.807) is 48.5 Å². The van der Waals surface area contributed by atoms with Crippen molar-refractivity contribution in [3.05, 3.63) is 77.5 Å². The van der Waals surface area contributed by atoms with Crippen molar-refractivity contribution in [2.45, 2.75) is 18.7 Å². The van der Waals surface area contributed by atoms with Crippen LogP contribution in [-0.2, 0) is 10.0 Å². The third-order valence-corrected chi connectivity index (χ3v) is 5.62. The van der Waals surface area contributed by atoms with Crippen LogP contribution in [0.2, 0.25) is 0 Å². The fourth-order valence-corrected chi connectivity index (χ4v) is 3.98. The van der Waals surface area contributed by atoms with Gasteiger partial charge in [-0.1, -0.05) is 42.5 Å². The SMILES string of the molecule is CCN(CC)C1=C/C(=N\S(=O)(=O)c2ccccc2)c2ccccc2C1=O. The molecular weight excluding hydrogens is 348 g/mol.